The van der Waals surface area contributed by atoms with Gasteiger partial charge in [0.15, 0.2) is 0 Å². The number of phenols is 1. The van der Waals surface area contributed by atoms with Crippen molar-refractivity contribution >= 4 is 0 Å². The number of ether oxygens (including phenoxy) is 1. The summed E-state index contributed by atoms with van der Waals surface area (Å²) < 4.78 is 5.41. The average Bonchev–Trinajstić information content (AvgIpc) is 2.26. The molecule has 2 nitrogen and oxygen atoms in total. The van der Waals surface area contributed by atoms with Crippen LogP contribution >= 0.6 is 0 Å². The highest BCUT2D eigenvalue weighted by molar-refractivity contribution is 5.30. The van der Waals surface area contributed by atoms with Gasteiger partial charge in [0.2, 0.25) is 0 Å². The van der Waals surface area contributed by atoms with Gasteiger partial charge in [0.25, 0.3) is 0 Å². The zero-order valence-corrected chi connectivity index (χ0v) is 9.28. The van der Waals surface area contributed by atoms with Gasteiger partial charge in [-0.1, -0.05) is 26.2 Å². The Morgan fingerprint density at radius 3 is 2.53 bits per heavy atom. The van der Waals surface area contributed by atoms with Gasteiger partial charge in [0.05, 0.1) is 0 Å². The van der Waals surface area contributed by atoms with E-state index in [1.54, 1.807) is 24.3 Å². The molecule has 1 aromatic carbocycles. The molecule has 0 heterocycles. The molecule has 0 saturated heterocycles. The lowest BCUT2D eigenvalue weighted by Gasteiger charge is -2.04. The molecule has 0 spiro atoms. The highest BCUT2D eigenvalue weighted by atomic mass is 16.5. The standard InChI is InChI=1S/C13H19O2/c1-2-3-4-5-6-11-15-13-9-7-12(14)8-10-13/h7-11,14H,2-6H2,1H3. The van der Waals surface area contributed by atoms with E-state index in [1.807, 2.05) is 6.61 Å². The lowest BCUT2D eigenvalue weighted by molar-refractivity contribution is 0.382. The summed E-state index contributed by atoms with van der Waals surface area (Å²) in [6.07, 6.45) is 6.00. The first-order chi connectivity index (χ1) is 7.33. The summed E-state index contributed by atoms with van der Waals surface area (Å²) in [6.45, 7) is 4.04. The van der Waals surface area contributed by atoms with Crippen LogP contribution in [0.25, 0.3) is 0 Å². The molecule has 0 aliphatic carbocycles. The van der Waals surface area contributed by atoms with E-state index in [4.69, 9.17) is 9.84 Å². The van der Waals surface area contributed by atoms with Crippen LogP contribution in [0.2, 0.25) is 0 Å². The van der Waals surface area contributed by atoms with Gasteiger partial charge in [-0.3, -0.25) is 0 Å². The summed E-state index contributed by atoms with van der Waals surface area (Å²) in [5, 5.41) is 9.06. The third kappa shape index (κ3) is 5.31. The minimum atomic E-state index is 0.269. The van der Waals surface area contributed by atoms with Gasteiger partial charge in [-0.25, -0.2) is 0 Å². The zero-order valence-electron chi connectivity index (χ0n) is 9.28. The number of aromatic hydroxyl groups is 1. The molecule has 1 rings (SSSR count). The van der Waals surface area contributed by atoms with Gasteiger partial charge in [0.1, 0.15) is 18.1 Å². The fourth-order valence-electron chi connectivity index (χ4n) is 1.33. The Balaban J connectivity index is 2.07. The number of unbranched alkanes of at least 4 members (excludes halogenated alkanes) is 4. The molecule has 0 bridgehead atoms. The van der Waals surface area contributed by atoms with Gasteiger partial charge in [-0.05, 0) is 37.1 Å². The molecule has 2 heteroatoms. The quantitative estimate of drug-likeness (QED) is 0.687. The predicted molar refractivity (Wildman–Crippen MR) is 61.8 cm³/mol. The maximum atomic E-state index is 9.06. The topological polar surface area (TPSA) is 29.5 Å². The molecular formula is C13H19O2. The van der Waals surface area contributed by atoms with E-state index in [9.17, 15) is 0 Å². The van der Waals surface area contributed by atoms with E-state index < -0.39 is 0 Å². The lowest BCUT2D eigenvalue weighted by Crippen LogP contribution is -1.90. The van der Waals surface area contributed by atoms with Crippen LogP contribution in [0.4, 0.5) is 0 Å². The molecule has 0 saturated carbocycles. The van der Waals surface area contributed by atoms with Crippen LogP contribution in [-0.2, 0) is 0 Å². The van der Waals surface area contributed by atoms with Gasteiger partial charge >= 0.3 is 0 Å². The van der Waals surface area contributed by atoms with Crippen molar-refractivity contribution in [3.05, 3.63) is 30.9 Å². The van der Waals surface area contributed by atoms with Gasteiger partial charge in [-0.15, -0.1) is 0 Å². The Morgan fingerprint density at radius 2 is 1.87 bits per heavy atom. The van der Waals surface area contributed by atoms with E-state index in [1.165, 1.54) is 25.7 Å². The second-order valence-electron chi connectivity index (χ2n) is 3.63. The Morgan fingerprint density at radius 1 is 1.13 bits per heavy atom. The first-order valence-corrected chi connectivity index (χ1v) is 5.60. The number of benzene rings is 1. The van der Waals surface area contributed by atoms with Crippen LogP contribution in [0.5, 0.6) is 11.5 Å². The molecular weight excluding hydrogens is 188 g/mol. The Labute approximate surface area is 91.9 Å². The Kier molecular flexibility index (Phi) is 5.67. The maximum absolute atomic E-state index is 9.06. The Hall–Kier alpha value is -1.18. The molecule has 15 heavy (non-hydrogen) atoms. The number of rotatable bonds is 7. The molecule has 1 aromatic rings. The molecule has 0 fully saturated rings. The number of hydrogen-bond donors (Lipinski definition) is 1. The third-order valence-corrected chi connectivity index (χ3v) is 2.23. The summed E-state index contributed by atoms with van der Waals surface area (Å²) in [7, 11) is 0. The van der Waals surface area contributed by atoms with Crippen LogP contribution in [0, 0.1) is 6.61 Å². The number of hydrogen-bond acceptors (Lipinski definition) is 2. The largest absolute Gasteiger partial charge is 0.508 e. The molecule has 83 valence electrons. The van der Waals surface area contributed by atoms with E-state index in [2.05, 4.69) is 6.92 Å². The highest BCUT2D eigenvalue weighted by Crippen LogP contribution is 2.17. The second kappa shape index (κ2) is 7.16. The van der Waals surface area contributed by atoms with Crippen molar-refractivity contribution in [2.45, 2.75) is 39.0 Å². The first-order valence-electron chi connectivity index (χ1n) is 5.60. The van der Waals surface area contributed by atoms with Crippen molar-refractivity contribution in [1.82, 2.24) is 0 Å². The van der Waals surface area contributed by atoms with Crippen LogP contribution in [0.1, 0.15) is 39.0 Å². The molecule has 0 amide bonds. The van der Waals surface area contributed by atoms with Crippen LogP contribution < -0.4 is 4.74 Å². The van der Waals surface area contributed by atoms with Crippen molar-refractivity contribution < 1.29 is 9.84 Å². The SMILES string of the molecule is CCCCCC[CH]Oc1ccc(O)cc1. The summed E-state index contributed by atoms with van der Waals surface area (Å²) >= 11 is 0. The molecule has 1 N–H and O–H groups in total. The summed E-state index contributed by atoms with van der Waals surface area (Å²) in [5.41, 5.74) is 0. The van der Waals surface area contributed by atoms with Crippen molar-refractivity contribution in [2.75, 3.05) is 0 Å². The zero-order chi connectivity index (χ0) is 10.9. The number of phenolic OH excluding ortho intramolecular Hbond substituents is 1. The molecule has 0 atom stereocenters. The van der Waals surface area contributed by atoms with Crippen LogP contribution in [0.15, 0.2) is 24.3 Å². The van der Waals surface area contributed by atoms with E-state index in [-0.39, 0.29) is 5.75 Å². The van der Waals surface area contributed by atoms with Crippen molar-refractivity contribution in [3.8, 4) is 11.5 Å². The van der Waals surface area contributed by atoms with Gasteiger partial charge in [-0.2, -0.15) is 0 Å². The third-order valence-electron chi connectivity index (χ3n) is 2.23. The van der Waals surface area contributed by atoms with Crippen molar-refractivity contribution in [1.29, 1.82) is 0 Å². The predicted octanol–water partition coefficient (Wildman–Crippen LogP) is 3.90. The molecule has 0 unspecified atom stereocenters. The minimum absolute atomic E-state index is 0.269. The fraction of sp³-hybridized carbons (Fsp3) is 0.462. The summed E-state index contributed by atoms with van der Waals surface area (Å²) in [5.74, 6) is 1.05. The molecule has 0 aliphatic rings. The lowest BCUT2D eigenvalue weighted by atomic mass is 10.2. The second-order valence-corrected chi connectivity index (χ2v) is 3.63. The van der Waals surface area contributed by atoms with Crippen LogP contribution in [-0.4, -0.2) is 5.11 Å². The maximum Gasteiger partial charge on any atom is 0.135 e. The molecule has 0 aliphatic heterocycles. The molecule has 0 aromatic heterocycles. The monoisotopic (exact) mass is 207 g/mol. The van der Waals surface area contributed by atoms with Crippen molar-refractivity contribution in [3.63, 3.8) is 0 Å². The highest BCUT2D eigenvalue weighted by Gasteiger charge is 1.94. The summed E-state index contributed by atoms with van der Waals surface area (Å²) in [6, 6.07) is 6.77. The average molecular weight is 207 g/mol. The first kappa shape index (κ1) is 11.9. The molecule has 1 radical (unpaired) electrons. The fourth-order valence-corrected chi connectivity index (χ4v) is 1.33. The van der Waals surface area contributed by atoms with E-state index in [0.717, 1.165) is 12.2 Å². The van der Waals surface area contributed by atoms with Gasteiger partial charge in [0, 0.05) is 0 Å². The van der Waals surface area contributed by atoms with Gasteiger partial charge < -0.3 is 9.84 Å². The van der Waals surface area contributed by atoms with Crippen LogP contribution in [0.3, 0.4) is 0 Å². The minimum Gasteiger partial charge on any atom is -0.508 e. The normalized spacial score (nSPS) is 10.2. The summed E-state index contributed by atoms with van der Waals surface area (Å²) in [4.78, 5) is 0. The van der Waals surface area contributed by atoms with E-state index in [0.29, 0.717) is 0 Å². The Bertz CT molecular complexity index is 254. The van der Waals surface area contributed by atoms with E-state index >= 15 is 0 Å². The van der Waals surface area contributed by atoms with Crippen molar-refractivity contribution in [2.24, 2.45) is 0 Å². The smallest absolute Gasteiger partial charge is 0.135 e.